The van der Waals surface area contributed by atoms with E-state index in [9.17, 15) is 4.79 Å². The van der Waals surface area contributed by atoms with E-state index in [1.165, 1.54) is 0 Å². The Labute approximate surface area is 96.1 Å². The summed E-state index contributed by atoms with van der Waals surface area (Å²) in [6.45, 7) is 5.55. The van der Waals surface area contributed by atoms with Crippen LogP contribution in [-0.4, -0.2) is 22.9 Å². The predicted molar refractivity (Wildman–Crippen MR) is 60.1 cm³/mol. The van der Waals surface area contributed by atoms with Crippen LogP contribution in [0.3, 0.4) is 0 Å². The molecule has 0 aromatic carbocycles. The van der Waals surface area contributed by atoms with Gasteiger partial charge in [0, 0.05) is 21.5 Å². The van der Waals surface area contributed by atoms with Gasteiger partial charge in [-0.05, 0) is 27.2 Å². The second-order valence-corrected chi connectivity index (χ2v) is 4.92. The van der Waals surface area contributed by atoms with Crippen molar-refractivity contribution in [2.45, 2.75) is 38.8 Å². The fourth-order valence-corrected chi connectivity index (χ4v) is 1.57. The SMILES string of the molecule is CC(C)(C)OC(=O)[C@H](CCBr)NBr. The third-order valence-electron chi connectivity index (χ3n) is 1.22. The van der Waals surface area contributed by atoms with Crippen molar-refractivity contribution in [1.29, 1.82) is 0 Å². The molecule has 13 heavy (non-hydrogen) atoms. The first-order valence-corrected chi connectivity index (χ1v) is 5.97. The van der Waals surface area contributed by atoms with E-state index in [4.69, 9.17) is 4.74 Å². The first-order valence-electron chi connectivity index (χ1n) is 4.05. The van der Waals surface area contributed by atoms with Crippen molar-refractivity contribution < 1.29 is 9.53 Å². The van der Waals surface area contributed by atoms with Crippen LogP contribution in [0.25, 0.3) is 0 Å². The number of halogens is 2. The molecule has 0 fully saturated rings. The highest BCUT2D eigenvalue weighted by atomic mass is 79.9. The van der Waals surface area contributed by atoms with Gasteiger partial charge in [0.1, 0.15) is 11.6 Å². The Kier molecular flexibility index (Phi) is 6.16. The maximum atomic E-state index is 11.4. The fourth-order valence-electron chi connectivity index (χ4n) is 0.699. The Morgan fingerprint density at radius 3 is 2.38 bits per heavy atom. The summed E-state index contributed by atoms with van der Waals surface area (Å²) in [5, 5.41) is 0.759. The fraction of sp³-hybridized carbons (Fsp3) is 0.875. The Bertz CT molecular complexity index is 168. The van der Waals surface area contributed by atoms with Gasteiger partial charge in [0.15, 0.2) is 0 Å². The van der Waals surface area contributed by atoms with Crippen LogP contribution in [0.5, 0.6) is 0 Å². The lowest BCUT2D eigenvalue weighted by Gasteiger charge is -2.22. The zero-order valence-electron chi connectivity index (χ0n) is 8.06. The van der Waals surface area contributed by atoms with E-state index in [1.807, 2.05) is 20.8 Å². The topological polar surface area (TPSA) is 38.3 Å². The normalized spacial score (nSPS) is 13.9. The van der Waals surface area contributed by atoms with Crippen LogP contribution in [0.15, 0.2) is 0 Å². The molecule has 0 saturated carbocycles. The first kappa shape index (κ1) is 13.4. The number of carbonyl (C=O) groups is 1. The third kappa shape index (κ3) is 6.46. The highest BCUT2D eigenvalue weighted by molar-refractivity contribution is 9.09. The molecule has 0 heterocycles. The number of ether oxygens (including phenoxy) is 1. The molecular formula is C8H15Br2NO2. The number of carbonyl (C=O) groups excluding carboxylic acids is 1. The molecular weight excluding hydrogens is 302 g/mol. The minimum atomic E-state index is -0.425. The summed E-state index contributed by atoms with van der Waals surface area (Å²) >= 11 is 6.32. The maximum Gasteiger partial charge on any atom is 0.324 e. The molecule has 0 amide bonds. The largest absolute Gasteiger partial charge is 0.459 e. The van der Waals surface area contributed by atoms with E-state index < -0.39 is 5.60 Å². The van der Waals surface area contributed by atoms with Crippen molar-refractivity contribution in [3.63, 3.8) is 0 Å². The van der Waals surface area contributed by atoms with Crippen LogP contribution < -0.4 is 4.34 Å². The van der Waals surface area contributed by atoms with Crippen LogP contribution in [0, 0.1) is 0 Å². The van der Waals surface area contributed by atoms with E-state index >= 15 is 0 Å². The van der Waals surface area contributed by atoms with E-state index in [0.29, 0.717) is 6.42 Å². The number of esters is 1. The van der Waals surface area contributed by atoms with Crippen LogP contribution in [0.1, 0.15) is 27.2 Å². The average molecular weight is 317 g/mol. The van der Waals surface area contributed by atoms with Gasteiger partial charge in [-0.1, -0.05) is 15.9 Å². The van der Waals surface area contributed by atoms with Gasteiger partial charge >= 0.3 is 5.97 Å². The summed E-state index contributed by atoms with van der Waals surface area (Å²) in [7, 11) is 0. The molecule has 0 spiro atoms. The van der Waals surface area contributed by atoms with Crippen molar-refractivity contribution in [3.05, 3.63) is 0 Å². The molecule has 78 valence electrons. The second-order valence-electron chi connectivity index (χ2n) is 3.67. The van der Waals surface area contributed by atoms with Crippen molar-refractivity contribution >= 4 is 38.0 Å². The maximum absolute atomic E-state index is 11.4. The van der Waals surface area contributed by atoms with Gasteiger partial charge in [0.05, 0.1) is 0 Å². The smallest absolute Gasteiger partial charge is 0.324 e. The molecule has 1 N–H and O–H groups in total. The molecule has 0 bridgehead atoms. The van der Waals surface area contributed by atoms with Crippen molar-refractivity contribution in [2.24, 2.45) is 0 Å². The number of hydrogen-bond acceptors (Lipinski definition) is 3. The van der Waals surface area contributed by atoms with E-state index in [0.717, 1.165) is 5.33 Å². The van der Waals surface area contributed by atoms with Gasteiger partial charge < -0.3 is 4.74 Å². The molecule has 0 aromatic heterocycles. The molecule has 0 aromatic rings. The molecule has 0 aliphatic carbocycles. The first-order chi connectivity index (χ1) is 5.90. The van der Waals surface area contributed by atoms with Crippen molar-refractivity contribution in [2.75, 3.05) is 5.33 Å². The van der Waals surface area contributed by atoms with E-state index in [2.05, 4.69) is 36.4 Å². The van der Waals surface area contributed by atoms with Crippen LogP contribution >= 0.6 is 32.1 Å². The summed E-state index contributed by atoms with van der Waals surface area (Å²) in [5.41, 5.74) is -0.425. The molecule has 5 heteroatoms. The van der Waals surface area contributed by atoms with Gasteiger partial charge in [0.2, 0.25) is 0 Å². The molecule has 1 atom stereocenters. The number of nitrogens with one attached hydrogen (secondary N) is 1. The Balaban J connectivity index is 4.06. The molecule has 0 rings (SSSR count). The van der Waals surface area contributed by atoms with Crippen LogP contribution in [0.2, 0.25) is 0 Å². The number of rotatable bonds is 4. The highest BCUT2D eigenvalue weighted by Crippen LogP contribution is 2.10. The molecule has 3 nitrogen and oxygen atoms in total. The minimum Gasteiger partial charge on any atom is -0.459 e. The summed E-state index contributed by atoms with van der Waals surface area (Å²) in [4.78, 5) is 11.4. The van der Waals surface area contributed by atoms with Gasteiger partial charge in [-0.3, -0.25) is 4.79 Å². The van der Waals surface area contributed by atoms with Crippen LogP contribution in [-0.2, 0) is 9.53 Å². The lowest BCUT2D eigenvalue weighted by molar-refractivity contribution is -0.156. The Morgan fingerprint density at radius 2 is 2.08 bits per heavy atom. The average Bonchev–Trinajstić information content (AvgIpc) is 1.96. The third-order valence-corrected chi connectivity index (χ3v) is 2.23. The van der Waals surface area contributed by atoms with Gasteiger partial charge in [-0.2, -0.15) is 0 Å². The monoisotopic (exact) mass is 315 g/mol. The van der Waals surface area contributed by atoms with Crippen LogP contribution in [0.4, 0.5) is 0 Å². The lowest BCUT2D eigenvalue weighted by atomic mass is 10.2. The number of alkyl halides is 1. The van der Waals surface area contributed by atoms with E-state index in [-0.39, 0.29) is 12.0 Å². The number of hydrogen-bond donors (Lipinski definition) is 1. The van der Waals surface area contributed by atoms with Gasteiger partial charge in [0.25, 0.3) is 0 Å². The van der Waals surface area contributed by atoms with Crippen molar-refractivity contribution in [3.8, 4) is 0 Å². The summed E-state index contributed by atoms with van der Waals surface area (Å²) < 4.78 is 7.92. The summed E-state index contributed by atoms with van der Waals surface area (Å²) in [6.07, 6.45) is 0.695. The predicted octanol–water partition coefficient (Wildman–Crippen LogP) is 2.38. The minimum absolute atomic E-state index is 0.233. The Hall–Kier alpha value is 0.390. The van der Waals surface area contributed by atoms with Crippen molar-refractivity contribution in [1.82, 2.24) is 4.34 Å². The highest BCUT2D eigenvalue weighted by Gasteiger charge is 2.23. The summed E-state index contributed by atoms with van der Waals surface area (Å²) in [5.74, 6) is -0.233. The molecule has 0 saturated heterocycles. The second kappa shape index (κ2) is 5.98. The van der Waals surface area contributed by atoms with Gasteiger partial charge in [-0.15, -0.1) is 0 Å². The molecule has 0 radical (unpaired) electrons. The standard InChI is InChI=1S/C8H15Br2NO2/c1-8(2,3)13-7(12)6(11-10)4-5-9/h6,11H,4-5H2,1-3H3/t6-/m0/s1. The lowest BCUT2D eigenvalue weighted by Crippen LogP contribution is -2.37. The van der Waals surface area contributed by atoms with E-state index in [1.54, 1.807) is 0 Å². The zero-order valence-corrected chi connectivity index (χ0v) is 11.2. The molecule has 0 aliphatic rings. The summed E-state index contributed by atoms with van der Waals surface area (Å²) in [6, 6.07) is -0.293. The molecule has 0 aliphatic heterocycles. The molecule has 0 unspecified atom stereocenters. The van der Waals surface area contributed by atoms with Gasteiger partial charge in [-0.25, -0.2) is 4.34 Å². The zero-order chi connectivity index (χ0) is 10.5. The Morgan fingerprint density at radius 1 is 1.54 bits per heavy atom. The quantitative estimate of drug-likeness (QED) is 0.491.